The summed E-state index contributed by atoms with van der Waals surface area (Å²) in [5, 5.41) is 13.1. The summed E-state index contributed by atoms with van der Waals surface area (Å²) in [5.41, 5.74) is 19.5. The van der Waals surface area contributed by atoms with Crippen LogP contribution in [0.5, 0.6) is 0 Å². The van der Waals surface area contributed by atoms with Crippen LogP contribution in [-0.2, 0) is 11.3 Å². The van der Waals surface area contributed by atoms with E-state index in [9.17, 15) is 13.2 Å². The molecular formula is C21H22Cl2F3N9O2S. The first-order chi connectivity index (χ1) is 17.8. The molecule has 11 nitrogen and oxygen atoms in total. The van der Waals surface area contributed by atoms with Crippen LogP contribution in [-0.4, -0.2) is 55.1 Å². The molecule has 0 aliphatic carbocycles. The highest BCUT2D eigenvalue weighted by Gasteiger charge is 2.48. The molecule has 0 bridgehead atoms. The average molecular weight is 592 g/mol. The number of aromatic nitrogens is 5. The molecule has 17 heteroatoms. The second-order valence-corrected chi connectivity index (χ2v) is 10.5. The van der Waals surface area contributed by atoms with Crippen LogP contribution in [0.2, 0.25) is 10.0 Å². The molecule has 2 aliphatic rings. The van der Waals surface area contributed by atoms with E-state index in [4.69, 9.17) is 50.3 Å². The minimum absolute atomic E-state index is 0.0312. The van der Waals surface area contributed by atoms with E-state index in [2.05, 4.69) is 25.0 Å². The minimum Gasteiger partial charge on any atom is -0.475 e. The molecule has 5 rings (SSSR count). The van der Waals surface area contributed by atoms with E-state index in [-0.39, 0.29) is 17.3 Å². The van der Waals surface area contributed by atoms with E-state index >= 15 is 0 Å². The van der Waals surface area contributed by atoms with Gasteiger partial charge in [0, 0.05) is 36.1 Å². The summed E-state index contributed by atoms with van der Waals surface area (Å²) in [6, 6.07) is 1.65. The Morgan fingerprint density at radius 1 is 1.16 bits per heavy atom. The summed E-state index contributed by atoms with van der Waals surface area (Å²) in [6.45, 7) is 2.41. The van der Waals surface area contributed by atoms with Gasteiger partial charge in [0.25, 0.3) is 0 Å². The Hall–Kier alpha value is -3.01. The van der Waals surface area contributed by atoms with Crippen molar-refractivity contribution in [3.05, 3.63) is 40.4 Å². The number of nitrogens with zero attached hydrogens (tertiary/aromatic N) is 6. The highest BCUT2D eigenvalue weighted by atomic mass is 35.5. The van der Waals surface area contributed by atoms with E-state index in [0.717, 1.165) is 48.9 Å². The number of nitrogen functional groups attached to an aromatic ring is 2. The van der Waals surface area contributed by atoms with Crippen molar-refractivity contribution in [1.29, 1.82) is 0 Å². The number of halogens is 5. The monoisotopic (exact) mass is 591 g/mol. The first-order valence-electron chi connectivity index (χ1n) is 11.0. The smallest absolute Gasteiger partial charge is 0.475 e. The SMILES string of the molecule is Nc1nc(N2CCC3(CC2)Cn2ncc(Cl)c2[C@H]3N)cnc1Sc1ccnc(N)c1Cl.O=C(O)C(F)(F)F. The Kier molecular flexibility index (Phi) is 7.84. The van der Waals surface area contributed by atoms with Gasteiger partial charge in [-0.25, -0.2) is 19.7 Å². The van der Waals surface area contributed by atoms with E-state index in [1.54, 1.807) is 24.7 Å². The molecule has 3 aromatic rings. The molecule has 204 valence electrons. The van der Waals surface area contributed by atoms with Gasteiger partial charge < -0.3 is 27.2 Å². The third-order valence-electron chi connectivity index (χ3n) is 6.42. The van der Waals surface area contributed by atoms with E-state index < -0.39 is 12.1 Å². The maximum Gasteiger partial charge on any atom is 0.490 e. The number of fused-ring (bicyclic) bond motifs is 1. The molecule has 2 aliphatic heterocycles. The fraction of sp³-hybridized carbons (Fsp3) is 0.381. The number of alkyl halides is 3. The quantitative estimate of drug-likeness (QED) is 0.350. The highest BCUT2D eigenvalue weighted by molar-refractivity contribution is 7.99. The molecule has 3 aromatic heterocycles. The van der Waals surface area contributed by atoms with Crippen LogP contribution in [0.4, 0.5) is 30.6 Å². The highest BCUT2D eigenvalue weighted by Crippen LogP contribution is 2.49. The lowest BCUT2D eigenvalue weighted by molar-refractivity contribution is -0.192. The second-order valence-electron chi connectivity index (χ2n) is 8.69. The maximum atomic E-state index is 10.6. The van der Waals surface area contributed by atoms with Crippen LogP contribution in [0.25, 0.3) is 0 Å². The van der Waals surface area contributed by atoms with Crippen LogP contribution in [0.15, 0.2) is 34.6 Å². The molecule has 0 amide bonds. The number of aliphatic carboxylic acids is 1. The summed E-state index contributed by atoms with van der Waals surface area (Å²) in [7, 11) is 0. The number of pyridine rings is 1. The van der Waals surface area contributed by atoms with Crippen molar-refractivity contribution in [2.24, 2.45) is 11.1 Å². The fourth-order valence-electron chi connectivity index (χ4n) is 4.38. The molecule has 5 heterocycles. The summed E-state index contributed by atoms with van der Waals surface area (Å²) in [4.78, 5) is 24.9. The number of carboxylic acids is 1. The lowest BCUT2D eigenvalue weighted by Crippen LogP contribution is -2.45. The first kappa shape index (κ1) is 28.0. The van der Waals surface area contributed by atoms with Crippen molar-refractivity contribution in [1.82, 2.24) is 24.7 Å². The largest absolute Gasteiger partial charge is 0.490 e. The normalized spacial score (nSPS) is 18.2. The topological polar surface area (TPSA) is 175 Å². The zero-order valence-electron chi connectivity index (χ0n) is 19.5. The van der Waals surface area contributed by atoms with Gasteiger partial charge in [-0.2, -0.15) is 18.3 Å². The van der Waals surface area contributed by atoms with Crippen molar-refractivity contribution in [3.8, 4) is 0 Å². The van der Waals surface area contributed by atoms with Gasteiger partial charge in [0.15, 0.2) is 5.82 Å². The Morgan fingerprint density at radius 3 is 2.39 bits per heavy atom. The summed E-state index contributed by atoms with van der Waals surface area (Å²) >= 11 is 13.8. The number of hydrogen-bond donors (Lipinski definition) is 4. The molecule has 38 heavy (non-hydrogen) atoms. The van der Waals surface area contributed by atoms with Gasteiger partial charge in [0.2, 0.25) is 0 Å². The molecule has 1 spiro atoms. The van der Waals surface area contributed by atoms with Crippen molar-refractivity contribution >= 4 is 58.4 Å². The lowest BCUT2D eigenvalue weighted by atomic mass is 9.73. The molecule has 7 N–H and O–H groups in total. The Bertz CT molecular complexity index is 1350. The summed E-state index contributed by atoms with van der Waals surface area (Å²) in [5.74, 6) is -1.39. The predicted molar refractivity (Wildman–Crippen MR) is 136 cm³/mol. The zero-order valence-corrected chi connectivity index (χ0v) is 21.8. The Balaban J connectivity index is 0.000000426. The fourth-order valence-corrected chi connectivity index (χ4v) is 5.66. The predicted octanol–water partition coefficient (Wildman–Crippen LogP) is 3.62. The zero-order chi connectivity index (χ0) is 27.8. The van der Waals surface area contributed by atoms with Crippen molar-refractivity contribution in [3.63, 3.8) is 0 Å². The van der Waals surface area contributed by atoms with E-state index in [1.807, 2.05) is 4.68 Å². The van der Waals surface area contributed by atoms with Crippen molar-refractivity contribution < 1.29 is 23.1 Å². The van der Waals surface area contributed by atoms with Gasteiger partial charge in [-0.15, -0.1) is 0 Å². The third-order valence-corrected chi connectivity index (χ3v) is 8.29. The second kappa shape index (κ2) is 10.6. The number of rotatable bonds is 3. The molecule has 0 saturated carbocycles. The standard InChI is InChI=1S/C19H21Cl2N9S.C2HF3O2/c20-10-7-27-30-9-19(15(22)14(10)30)2-5-29(6-3-19)12-8-26-18(17(24)28-12)31-11-1-4-25-16(23)13(11)21;3-2(4,5)1(6)7/h1,4,7-8,15H,2-3,5-6,9,22H2,(H2,23,25)(H2,24,28);(H,6,7)/t15-;/m1./s1. The number of carboxylic acid groups (broad SMARTS) is 1. The van der Waals surface area contributed by atoms with Crippen LogP contribution in [0.3, 0.4) is 0 Å². The van der Waals surface area contributed by atoms with Gasteiger partial charge in [-0.05, 0) is 18.9 Å². The molecule has 0 radical (unpaired) electrons. The molecule has 0 unspecified atom stereocenters. The Labute approximate surface area is 228 Å². The molecule has 1 atom stereocenters. The lowest BCUT2D eigenvalue weighted by Gasteiger charge is -2.41. The van der Waals surface area contributed by atoms with Gasteiger partial charge in [0.1, 0.15) is 16.7 Å². The Morgan fingerprint density at radius 2 is 1.82 bits per heavy atom. The van der Waals surface area contributed by atoms with E-state index in [1.165, 1.54) is 11.8 Å². The van der Waals surface area contributed by atoms with Gasteiger partial charge in [0.05, 0.1) is 34.2 Å². The van der Waals surface area contributed by atoms with E-state index in [0.29, 0.717) is 20.9 Å². The van der Waals surface area contributed by atoms with Gasteiger partial charge in [-0.1, -0.05) is 35.0 Å². The number of piperidine rings is 1. The van der Waals surface area contributed by atoms with Crippen LogP contribution >= 0.6 is 35.0 Å². The first-order valence-corrected chi connectivity index (χ1v) is 12.6. The number of hydrogen-bond acceptors (Lipinski definition) is 10. The average Bonchev–Trinajstić information content (AvgIpc) is 3.34. The van der Waals surface area contributed by atoms with Crippen molar-refractivity contribution in [2.45, 2.75) is 41.5 Å². The summed E-state index contributed by atoms with van der Waals surface area (Å²) in [6.07, 6.45) is 1.75. The molecule has 1 saturated heterocycles. The minimum atomic E-state index is -5.08. The van der Waals surface area contributed by atoms with Crippen molar-refractivity contribution in [2.75, 3.05) is 29.5 Å². The molecule has 0 aromatic carbocycles. The van der Waals surface area contributed by atoms with Gasteiger partial charge >= 0.3 is 12.1 Å². The maximum absolute atomic E-state index is 10.6. The van der Waals surface area contributed by atoms with Crippen LogP contribution in [0, 0.1) is 5.41 Å². The number of carbonyl (C=O) groups is 1. The molecular weight excluding hydrogens is 570 g/mol. The van der Waals surface area contributed by atoms with Crippen LogP contribution in [0.1, 0.15) is 24.6 Å². The van der Waals surface area contributed by atoms with Crippen LogP contribution < -0.4 is 22.1 Å². The molecule has 1 fully saturated rings. The summed E-state index contributed by atoms with van der Waals surface area (Å²) < 4.78 is 33.7. The number of anilines is 3. The van der Waals surface area contributed by atoms with Gasteiger partial charge in [-0.3, -0.25) is 4.68 Å². The number of nitrogens with two attached hydrogens (primary N) is 3. The third kappa shape index (κ3) is 5.55.